The maximum atomic E-state index is 7.45. The van der Waals surface area contributed by atoms with Gasteiger partial charge >= 0.3 is 5.82 Å². The van der Waals surface area contributed by atoms with Gasteiger partial charge in [0.25, 0.3) is 0 Å². The lowest BCUT2D eigenvalue weighted by molar-refractivity contribution is -0.663. The Kier molecular flexibility index (Phi) is 3.09. The summed E-state index contributed by atoms with van der Waals surface area (Å²) in [6, 6.07) is 8.25. The minimum atomic E-state index is 0.0397. The summed E-state index contributed by atoms with van der Waals surface area (Å²) in [5.41, 5.74) is 4.48. The quantitative estimate of drug-likeness (QED) is 0.714. The Morgan fingerprint density at radius 1 is 1.21 bits per heavy atom. The molecule has 2 aromatic rings. The summed E-state index contributed by atoms with van der Waals surface area (Å²) >= 11 is 0. The smallest absolute Gasteiger partial charge is 0.233 e. The molecular weight excluding hydrogens is 232 g/mol. The first kappa shape index (κ1) is 12.3. The zero-order valence-corrected chi connectivity index (χ0v) is 12.5. The van der Waals surface area contributed by atoms with Crippen LogP contribution in [0, 0.1) is 13.8 Å². The van der Waals surface area contributed by atoms with Gasteiger partial charge in [0.15, 0.2) is 5.69 Å². The van der Waals surface area contributed by atoms with Crippen LogP contribution in [0.2, 0.25) is 0 Å². The van der Waals surface area contributed by atoms with E-state index in [1.54, 1.807) is 0 Å². The van der Waals surface area contributed by atoms with Gasteiger partial charge in [-0.1, -0.05) is 38.5 Å². The van der Waals surface area contributed by atoms with Crippen molar-refractivity contribution in [1.82, 2.24) is 4.98 Å². The fourth-order valence-electron chi connectivity index (χ4n) is 2.13. The van der Waals surface area contributed by atoms with E-state index in [0.29, 0.717) is 6.90 Å². The number of aryl methyl sites for hydroxylation is 3. The molecule has 100 valence electrons. The lowest BCUT2D eigenvalue weighted by Gasteiger charge is -2.14. The zero-order chi connectivity index (χ0) is 14.9. The van der Waals surface area contributed by atoms with Gasteiger partial charge in [0, 0.05) is 12.9 Å². The Labute approximate surface area is 117 Å². The molecule has 0 fully saturated rings. The highest BCUT2D eigenvalue weighted by Crippen LogP contribution is 2.24. The fraction of sp³-hybridized carbons (Fsp3) is 0.412. The molecule has 2 heteroatoms. The normalized spacial score (nSPS) is 12.4. The summed E-state index contributed by atoms with van der Waals surface area (Å²) < 4.78 is 9.51. The molecule has 0 atom stereocenters. The van der Waals surface area contributed by atoms with Crippen molar-refractivity contribution >= 4 is 0 Å². The minimum Gasteiger partial charge on any atom is -0.233 e. The average Bonchev–Trinajstić information content (AvgIpc) is 2.38. The molecule has 0 spiro atoms. The van der Waals surface area contributed by atoms with Crippen LogP contribution in [0.25, 0.3) is 11.4 Å². The van der Waals surface area contributed by atoms with Gasteiger partial charge < -0.3 is 0 Å². The van der Waals surface area contributed by atoms with E-state index in [-0.39, 0.29) is 5.41 Å². The molecule has 2 nitrogen and oxygen atoms in total. The lowest BCUT2D eigenvalue weighted by Crippen LogP contribution is -2.33. The summed E-state index contributed by atoms with van der Waals surface area (Å²) in [5, 5.41) is 0. The first-order valence-corrected chi connectivity index (χ1v) is 6.59. The van der Waals surface area contributed by atoms with E-state index in [9.17, 15) is 0 Å². The Balaban J connectivity index is 2.57. The third-order valence-electron chi connectivity index (χ3n) is 3.32. The highest BCUT2D eigenvalue weighted by Gasteiger charge is 2.24. The van der Waals surface area contributed by atoms with Crippen LogP contribution in [0.1, 0.15) is 39.0 Å². The first-order valence-electron chi connectivity index (χ1n) is 7.30. The van der Waals surface area contributed by atoms with E-state index >= 15 is 0 Å². The molecule has 1 heterocycles. The first-order chi connectivity index (χ1) is 9.32. The molecule has 0 saturated heterocycles. The summed E-state index contributed by atoms with van der Waals surface area (Å²) in [4.78, 5) is 4.85. The molecule has 0 aliphatic rings. The number of aromatic nitrogens is 2. The molecule has 0 N–H and O–H groups in total. The number of rotatable bonds is 1. The van der Waals surface area contributed by atoms with Crippen molar-refractivity contribution in [2.45, 2.75) is 40.0 Å². The molecule has 1 aromatic carbocycles. The highest BCUT2D eigenvalue weighted by atomic mass is 15.0. The van der Waals surface area contributed by atoms with Gasteiger partial charge in [-0.15, -0.1) is 0 Å². The predicted octanol–water partition coefficient (Wildman–Crippen LogP) is 3.49. The van der Waals surface area contributed by atoms with Crippen LogP contribution >= 0.6 is 0 Å². The summed E-state index contributed by atoms with van der Waals surface area (Å²) in [6.45, 7) is 8.93. The van der Waals surface area contributed by atoms with E-state index in [1.165, 1.54) is 5.56 Å². The lowest BCUT2D eigenvalue weighted by atomic mass is 9.92. The van der Waals surface area contributed by atoms with Crippen LogP contribution in [0.5, 0.6) is 0 Å². The highest BCUT2D eigenvalue weighted by molar-refractivity contribution is 5.58. The fourth-order valence-corrected chi connectivity index (χ4v) is 2.13. The molecule has 0 saturated carbocycles. The second-order valence-corrected chi connectivity index (χ2v) is 6.15. The molecular formula is C17H23N2+. The topological polar surface area (TPSA) is 16.8 Å². The molecule has 0 unspecified atom stereocenters. The van der Waals surface area contributed by atoms with Crippen molar-refractivity contribution in [2.75, 3.05) is 0 Å². The van der Waals surface area contributed by atoms with E-state index in [0.717, 1.165) is 22.6 Å². The number of hydrogen-bond donors (Lipinski definition) is 0. The van der Waals surface area contributed by atoms with Gasteiger partial charge in [0.2, 0.25) is 0 Å². The molecule has 0 radical (unpaired) electrons. The van der Waals surface area contributed by atoms with Crippen molar-refractivity contribution in [3.63, 3.8) is 0 Å². The van der Waals surface area contributed by atoms with Crippen LogP contribution in [0.4, 0.5) is 0 Å². The van der Waals surface area contributed by atoms with Crippen LogP contribution in [-0.2, 0) is 12.5 Å². The molecule has 1 aromatic heterocycles. The van der Waals surface area contributed by atoms with Crippen LogP contribution in [0.15, 0.2) is 30.5 Å². The second kappa shape index (κ2) is 4.76. The average molecular weight is 256 g/mol. The van der Waals surface area contributed by atoms with Crippen LogP contribution < -0.4 is 4.57 Å². The molecule has 0 amide bonds. The van der Waals surface area contributed by atoms with Crippen molar-refractivity contribution in [3.05, 3.63) is 47.3 Å². The summed E-state index contributed by atoms with van der Waals surface area (Å²) in [7, 11) is 2.02. The van der Waals surface area contributed by atoms with Crippen molar-refractivity contribution in [1.29, 1.82) is 0 Å². The van der Waals surface area contributed by atoms with E-state index < -0.39 is 0 Å². The van der Waals surface area contributed by atoms with Gasteiger partial charge in [-0.05, 0) is 30.4 Å². The van der Waals surface area contributed by atoms with Gasteiger partial charge in [-0.2, -0.15) is 0 Å². The monoisotopic (exact) mass is 256 g/mol. The molecule has 19 heavy (non-hydrogen) atoms. The van der Waals surface area contributed by atoms with Crippen LogP contribution in [0.3, 0.4) is 0 Å². The number of hydrogen-bond acceptors (Lipinski definition) is 1. The maximum absolute atomic E-state index is 7.45. The van der Waals surface area contributed by atoms with E-state index in [1.807, 2.05) is 13.1 Å². The standard InChI is InChI=1S/C17H23N2/c1-12-7-8-14(13(2)11-12)16-18-15(17(3,4)5)9-10-19(16)6/h7-11H,1-6H3/q+1/i1D. The van der Waals surface area contributed by atoms with E-state index in [2.05, 4.69) is 56.7 Å². The Morgan fingerprint density at radius 3 is 2.53 bits per heavy atom. The second-order valence-electron chi connectivity index (χ2n) is 6.15. The Hall–Kier alpha value is -1.70. The number of benzene rings is 1. The Morgan fingerprint density at radius 2 is 1.95 bits per heavy atom. The number of nitrogens with zero attached hydrogens (tertiary/aromatic N) is 2. The predicted molar refractivity (Wildman–Crippen MR) is 79.0 cm³/mol. The molecule has 0 bridgehead atoms. The summed E-state index contributed by atoms with van der Waals surface area (Å²) in [6.07, 6.45) is 2.07. The maximum Gasteiger partial charge on any atom is 0.330 e. The largest absolute Gasteiger partial charge is 0.330 e. The third-order valence-corrected chi connectivity index (χ3v) is 3.32. The summed E-state index contributed by atoms with van der Waals surface area (Å²) in [5.74, 6) is 0.978. The molecule has 2 rings (SSSR count). The zero-order valence-electron chi connectivity index (χ0n) is 13.5. The van der Waals surface area contributed by atoms with Crippen molar-refractivity contribution < 1.29 is 5.94 Å². The van der Waals surface area contributed by atoms with Gasteiger partial charge in [-0.25, -0.2) is 4.57 Å². The third kappa shape index (κ3) is 2.83. The SMILES string of the molecule is [2H]Cc1ccc(-c2nc(C(C)(C)C)cc[n+]2C)c(C)c1. The van der Waals surface area contributed by atoms with Gasteiger partial charge in [-0.3, -0.25) is 0 Å². The molecule has 0 aliphatic carbocycles. The van der Waals surface area contributed by atoms with Gasteiger partial charge in [0.05, 0.1) is 18.8 Å². The van der Waals surface area contributed by atoms with Gasteiger partial charge in [0.1, 0.15) is 0 Å². The van der Waals surface area contributed by atoms with Crippen LogP contribution in [-0.4, -0.2) is 4.98 Å². The van der Waals surface area contributed by atoms with Crippen molar-refractivity contribution in [2.24, 2.45) is 7.05 Å². The van der Waals surface area contributed by atoms with Crippen molar-refractivity contribution in [3.8, 4) is 11.4 Å². The Bertz CT molecular complexity index is 627. The van der Waals surface area contributed by atoms with E-state index in [4.69, 9.17) is 6.35 Å². The minimum absolute atomic E-state index is 0.0397. The molecule has 0 aliphatic heterocycles.